The standard InChI is InChI=1S/C18H23ClN6O5S/c1-18(2,3)15(26)17(28)24-10-31(29,30)8-14(24)16(27)20-7-11-6-12(19)4-5-13(11)25-9-21-22-23-25/h4-6,9,14-15,26H,7-8,10H2,1-3H3,(H,20,27)/t14-,15-/m0/s1. The molecule has 0 aliphatic carbocycles. The second kappa shape index (κ2) is 8.52. The second-order valence-corrected chi connectivity index (χ2v) is 10.9. The zero-order valence-electron chi connectivity index (χ0n) is 17.2. The van der Waals surface area contributed by atoms with Crippen molar-refractivity contribution in [3.63, 3.8) is 0 Å². The molecule has 0 radical (unpaired) electrons. The summed E-state index contributed by atoms with van der Waals surface area (Å²) in [5.41, 5.74) is 0.345. The summed E-state index contributed by atoms with van der Waals surface area (Å²) >= 11 is 6.07. The van der Waals surface area contributed by atoms with Gasteiger partial charge in [0.15, 0.2) is 9.84 Å². The van der Waals surface area contributed by atoms with Crippen molar-refractivity contribution in [3.05, 3.63) is 35.1 Å². The van der Waals surface area contributed by atoms with Gasteiger partial charge in [0.1, 0.15) is 24.3 Å². The lowest BCUT2D eigenvalue weighted by atomic mass is 9.88. The van der Waals surface area contributed by atoms with Gasteiger partial charge >= 0.3 is 0 Å². The summed E-state index contributed by atoms with van der Waals surface area (Å²) in [4.78, 5) is 26.5. The summed E-state index contributed by atoms with van der Waals surface area (Å²) < 4.78 is 25.7. The molecule has 1 aromatic heterocycles. The van der Waals surface area contributed by atoms with Gasteiger partial charge in [0, 0.05) is 11.6 Å². The first kappa shape index (κ1) is 23.1. The predicted octanol–water partition coefficient (Wildman–Crippen LogP) is -0.0780. The number of amides is 2. The monoisotopic (exact) mass is 470 g/mol. The highest BCUT2D eigenvalue weighted by Crippen LogP contribution is 2.25. The Kier molecular flexibility index (Phi) is 6.35. The largest absolute Gasteiger partial charge is 0.383 e. The lowest BCUT2D eigenvalue weighted by Crippen LogP contribution is -2.52. The average molecular weight is 471 g/mol. The van der Waals surface area contributed by atoms with Gasteiger partial charge in [0.2, 0.25) is 5.91 Å². The molecule has 2 amide bonds. The number of hydrogen-bond acceptors (Lipinski definition) is 8. The number of aliphatic hydroxyl groups excluding tert-OH is 1. The minimum atomic E-state index is -3.67. The van der Waals surface area contributed by atoms with E-state index in [9.17, 15) is 23.1 Å². The Bertz CT molecular complexity index is 1080. The third-order valence-corrected chi connectivity index (χ3v) is 6.58. The van der Waals surface area contributed by atoms with E-state index in [1.165, 1.54) is 11.0 Å². The molecule has 1 aromatic carbocycles. The Morgan fingerprint density at radius 1 is 1.35 bits per heavy atom. The highest BCUT2D eigenvalue weighted by Gasteiger charge is 2.46. The van der Waals surface area contributed by atoms with E-state index in [1.807, 2.05) is 0 Å². The molecule has 0 spiro atoms. The van der Waals surface area contributed by atoms with Gasteiger partial charge in [-0.05, 0) is 39.6 Å². The number of sulfone groups is 1. The third-order valence-electron chi connectivity index (χ3n) is 4.85. The summed E-state index contributed by atoms with van der Waals surface area (Å²) in [5.74, 6) is -2.59. The van der Waals surface area contributed by atoms with Crippen molar-refractivity contribution in [2.45, 2.75) is 39.5 Å². The van der Waals surface area contributed by atoms with Crippen LogP contribution in [0.4, 0.5) is 0 Å². The molecular weight excluding hydrogens is 448 g/mol. The van der Waals surface area contributed by atoms with E-state index in [0.717, 1.165) is 4.90 Å². The van der Waals surface area contributed by atoms with Crippen molar-refractivity contribution < 1.29 is 23.1 Å². The van der Waals surface area contributed by atoms with Crippen LogP contribution in [0.15, 0.2) is 24.5 Å². The van der Waals surface area contributed by atoms with Crippen LogP contribution in [-0.2, 0) is 26.0 Å². The van der Waals surface area contributed by atoms with Gasteiger partial charge in [-0.15, -0.1) is 5.10 Å². The van der Waals surface area contributed by atoms with Crippen LogP contribution in [0.1, 0.15) is 26.3 Å². The zero-order chi connectivity index (χ0) is 23.0. The van der Waals surface area contributed by atoms with E-state index in [-0.39, 0.29) is 6.54 Å². The molecule has 13 heteroatoms. The van der Waals surface area contributed by atoms with E-state index in [2.05, 4.69) is 20.8 Å². The Hall–Kier alpha value is -2.57. The number of nitrogens with zero attached hydrogens (tertiary/aromatic N) is 5. The number of carbonyl (C=O) groups excluding carboxylic acids is 2. The van der Waals surface area contributed by atoms with Crippen LogP contribution in [0.25, 0.3) is 5.69 Å². The summed E-state index contributed by atoms with van der Waals surface area (Å²) in [5, 5.41) is 24.4. The molecule has 1 aliphatic heterocycles. The van der Waals surface area contributed by atoms with Gasteiger partial charge in [0.05, 0.1) is 11.4 Å². The number of nitrogens with one attached hydrogen (secondary N) is 1. The van der Waals surface area contributed by atoms with Crippen molar-refractivity contribution in [1.82, 2.24) is 30.4 Å². The molecule has 2 aromatic rings. The topological polar surface area (TPSA) is 147 Å². The van der Waals surface area contributed by atoms with Crippen LogP contribution in [-0.4, -0.2) is 74.2 Å². The van der Waals surface area contributed by atoms with Crippen molar-refractivity contribution in [1.29, 1.82) is 0 Å². The molecule has 2 N–H and O–H groups in total. The van der Waals surface area contributed by atoms with Crippen LogP contribution < -0.4 is 5.32 Å². The lowest BCUT2D eigenvalue weighted by molar-refractivity contribution is -0.149. The normalized spacial score (nSPS) is 19.3. The van der Waals surface area contributed by atoms with Gasteiger partial charge in [0.25, 0.3) is 5.91 Å². The maximum atomic E-state index is 12.8. The Labute approximate surface area is 184 Å². The van der Waals surface area contributed by atoms with Crippen molar-refractivity contribution in [2.24, 2.45) is 5.41 Å². The Balaban J connectivity index is 1.79. The van der Waals surface area contributed by atoms with Crippen LogP contribution in [0.2, 0.25) is 5.02 Å². The number of aromatic nitrogens is 4. The summed E-state index contributed by atoms with van der Waals surface area (Å²) in [6, 6.07) is 3.69. The molecule has 1 fully saturated rings. The fraction of sp³-hybridized carbons (Fsp3) is 0.500. The van der Waals surface area contributed by atoms with Gasteiger partial charge < -0.3 is 15.3 Å². The molecule has 168 valence electrons. The number of hydrogen-bond donors (Lipinski definition) is 2. The first-order valence-electron chi connectivity index (χ1n) is 9.37. The maximum absolute atomic E-state index is 12.8. The molecule has 3 rings (SSSR count). The first-order valence-corrected chi connectivity index (χ1v) is 11.6. The zero-order valence-corrected chi connectivity index (χ0v) is 18.8. The van der Waals surface area contributed by atoms with E-state index < -0.39 is 50.8 Å². The van der Waals surface area contributed by atoms with Crippen LogP contribution >= 0.6 is 11.6 Å². The molecule has 0 unspecified atom stereocenters. The van der Waals surface area contributed by atoms with Crippen molar-refractivity contribution >= 4 is 33.3 Å². The Morgan fingerprint density at radius 3 is 2.68 bits per heavy atom. The number of tetrazole rings is 1. The van der Waals surface area contributed by atoms with Gasteiger partial charge in [-0.25, -0.2) is 13.1 Å². The number of halogens is 1. The predicted molar refractivity (Wildman–Crippen MR) is 111 cm³/mol. The second-order valence-electron chi connectivity index (χ2n) is 8.38. The minimum Gasteiger partial charge on any atom is -0.383 e. The van der Waals surface area contributed by atoms with E-state index in [1.54, 1.807) is 39.0 Å². The molecule has 1 aliphatic rings. The maximum Gasteiger partial charge on any atom is 0.253 e. The molecular formula is C18H23ClN6O5S. The highest BCUT2D eigenvalue weighted by atomic mass is 35.5. The Morgan fingerprint density at radius 2 is 2.06 bits per heavy atom. The van der Waals surface area contributed by atoms with Gasteiger partial charge in [-0.2, -0.15) is 0 Å². The lowest BCUT2D eigenvalue weighted by Gasteiger charge is -2.30. The average Bonchev–Trinajstić information content (AvgIpc) is 3.31. The smallest absolute Gasteiger partial charge is 0.253 e. The number of rotatable bonds is 5. The third kappa shape index (κ3) is 5.20. The molecule has 31 heavy (non-hydrogen) atoms. The molecule has 11 nitrogen and oxygen atoms in total. The number of benzene rings is 1. The molecule has 1 saturated heterocycles. The van der Waals surface area contributed by atoms with Crippen molar-refractivity contribution in [2.75, 3.05) is 11.6 Å². The van der Waals surface area contributed by atoms with E-state index >= 15 is 0 Å². The van der Waals surface area contributed by atoms with E-state index in [0.29, 0.717) is 16.3 Å². The number of carbonyl (C=O) groups is 2. The molecule has 2 heterocycles. The fourth-order valence-electron chi connectivity index (χ4n) is 3.14. The van der Waals surface area contributed by atoms with E-state index in [4.69, 9.17) is 11.6 Å². The number of aliphatic hydroxyl groups is 1. The van der Waals surface area contributed by atoms with Crippen LogP contribution in [0, 0.1) is 5.41 Å². The van der Waals surface area contributed by atoms with Crippen LogP contribution in [0.5, 0.6) is 0 Å². The highest BCUT2D eigenvalue weighted by molar-refractivity contribution is 7.91. The fourth-order valence-corrected chi connectivity index (χ4v) is 4.98. The summed E-state index contributed by atoms with van der Waals surface area (Å²) in [7, 11) is -3.67. The first-order chi connectivity index (χ1) is 14.4. The molecule has 0 saturated carbocycles. The minimum absolute atomic E-state index is 0.00497. The van der Waals surface area contributed by atoms with Crippen LogP contribution in [0.3, 0.4) is 0 Å². The SMILES string of the molecule is CC(C)(C)[C@@H](O)C(=O)N1CS(=O)(=O)C[C@H]1C(=O)NCc1cc(Cl)ccc1-n1cnnn1. The van der Waals surface area contributed by atoms with Gasteiger partial charge in [-0.1, -0.05) is 32.4 Å². The quantitative estimate of drug-likeness (QED) is 0.616. The summed E-state index contributed by atoms with van der Waals surface area (Å²) in [6.07, 6.45) is -0.0673. The molecule has 0 bridgehead atoms. The van der Waals surface area contributed by atoms with Gasteiger partial charge in [-0.3, -0.25) is 9.59 Å². The summed E-state index contributed by atoms with van der Waals surface area (Å²) in [6.45, 7) is 4.94. The van der Waals surface area contributed by atoms with Crippen molar-refractivity contribution in [3.8, 4) is 5.69 Å². The molecule has 2 atom stereocenters.